The van der Waals surface area contributed by atoms with Gasteiger partial charge < -0.3 is 8.85 Å². The molecular formula is C13H19F3O2Si. The SMILES string of the molecule is CCO[SiH](OCC)c1cccc(CCC(F)(F)F)c1. The third-order valence-corrected chi connectivity index (χ3v) is 4.73. The van der Waals surface area contributed by atoms with E-state index in [1.165, 1.54) is 0 Å². The van der Waals surface area contributed by atoms with Crippen LogP contribution in [0.1, 0.15) is 25.8 Å². The highest BCUT2D eigenvalue weighted by Gasteiger charge is 2.26. The molecule has 1 aromatic carbocycles. The van der Waals surface area contributed by atoms with E-state index in [1.54, 1.807) is 18.2 Å². The van der Waals surface area contributed by atoms with E-state index in [-0.39, 0.29) is 6.42 Å². The zero-order chi connectivity index (χ0) is 14.3. The van der Waals surface area contributed by atoms with E-state index in [1.807, 2.05) is 19.9 Å². The van der Waals surface area contributed by atoms with E-state index < -0.39 is 21.9 Å². The second-order valence-corrected chi connectivity index (χ2v) is 6.10. The summed E-state index contributed by atoms with van der Waals surface area (Å²) >= 11 is 0. The van der Waals surface area contributed by atoms with Crippen LogP contribution >= 0.6 is 0 Å². The quantitative estimate of drug-likeness (QED) is 0.719. The summed E-state index contributed by atoms with van der Waals surface area (Å²) in [6, 6.07) is 7.10. The number of alkyl halides is 3. The fraction of sp³-hybridized carbons (Fsp3) is 0.538. The maximum atomic E-state index is 12.2. The fourth-order valence-electron chi connectivity index (χ4n) is 1.72. The zero-order valence-corrected chi connectivity index (χ0v) is 12.3. The highest BCUT2D eigenvalue weighted by molar-refractivity contribution is 6.61. The fourth-order valence-corrected chi connectivity index (χ4v) is 3.43. The van der Waals surface area contributed by atoms with Crippen molar-refractivity contribution in [1.82, 2.24) is 0 Å². The summed E-state index contributed by atoms with van der Waals surface area (Å²) in [5.74, 6) is 0. The molecule has 0 aliphatic carbocycles. The van der Waals surface area contributed by atoms with Gasteiger partial charge in [-0.1, -0.05) is 24.3 Å². The molecule has 108 valence electrons. The van der Waals surface area contributed by atoms with Crippen molar-refractivity contribution >= 4 is 14.5 Å². The number of halogens is 3. The molecule has 1 aromatic rings. The second-order valence-electron chi connectivity index (χ2n) is 4.10. The molecule has 0 aliphatic rings. The molecule has 2 nitrogen and oxygen atoms in total. The average Bonchev–Trinajstić information content (AvgIpc) is 2.36. The lowest BCUT2D eigenvalue weighted by atomic mass is 10.1. The molecular weight excluding hydrogens is 273 g/mol. The lowest BCUT2D eigenvalue weighted by molar-refractivity contribution is -0.133. The van der Waals surface area contributed by atoms with E-state index in [9.17, 15) is 13.2 Å². The first-order valence-electron chi connectivity index (χ1n) is 6.35. The molecule has 0 radical (unpaired) electrons. The molecule has 0 heterocycles. The maximum Gasteiger partial charge on any atom is 0.389 e. The van der Waals surface area contributed by atoms with Crippen molar-refractivity contribution in [3.05, 3.63) is 29.8 Å². The van der Waals surface area contributed by atoms with E-state index >= 15 is 0 Å². The number of rotatable bonds is 7. The summed E-state index contributed by atoms with van der Waals surface area (Å²) in [6.45, 7) is 4.85. The van der Waals surface area contributed by atoms with Gasteiger partial charge in [0.1, 0.15) is 0 Å². The monoisotopic (exact) mass is 292 g/mol. The normalized spacial score (nSPS) is 12.1. The van der Waals surface area contributed by atoms with Gasteiger partial charge in [-0.3, -0.25) is 0 Å². The van der Waals surface area contributed by atoms with Crippen molar-refractivity contribution in [3.8, 4) is 0 Å². The molecule has 0 amide bonds. The molecule has 19 heavy (non-hydrogen) atoms. The Bertz CT molecular complexity index is 376. The van der Waals surface area contributed by atoms with Gasteiger partial charge in [-0.25, -0.2) is 0 Å². The van der Waals surface area contributed by atoms with Crippen molar-refractivity contribution in [3.63, 3.8) is 0 Å². The molecule has 0 aliphatic heterocycles. The Hall–Kier alpha value is -0.853. The van der Waals surface area contributed by atoms with Crippen LogP contribution in [0, 0.1) is 0 Å². The lowest BCUT2D eigenvalue weighted by Gasteiger charge is -2.16. The predicted octanol–water partition coefficient (Wildman–Crippen LogP) is 2.68. The highest BCUT2D eigenvalue weighted by Crippen LogP contribution is 2.21. The van der Waals surface area contributed by atoms with E-state index in [4.69, 9.17) is 8.85 Å². The van der Waals surface area contributed by atoms with E-state index in [2.05, 4.69) is 0 Å². The summed E-state index contributed by atoms with van der Waals surface area (Å²) in [4.78, 5) is 0. The third-order valence-electron chi connectivity index (χ3n) is 2.56. The van der Waals surface area contributed by atoms with Crippen LogP contribution in [0.5, 0.6) is 0 Å². The molecule has 0 atom stereocenters. The van der Waals surface area contributed by atoms with Gasteiger partial charge in [-0.15, -0.1) is 0 Å². The van der Waals surface area contributed by atoms with Gasteiger partial charge >= 0.3 is 15.5 Å². The first kappa shape index (κ1) is 16.2. The highest BCUT2D eigenvalue weighted by atomic mass is 28.3. The Balaban J connectivity index is 2.74. The van der Waals surface area contributed by atoms with Crippen molar-refractivity contribution in [2.45, 2.75) is 32.9 Å². The molecule has 0 saturated carbocycles. The first-order chi connectivity index (χ1) is 8.96. The van der Waals surface area contributed by atoms with Gasteiger partial charge in [0.25, 0.3) is 0 Å². The number of hydrogen-bond donors (Lipinski definition) is 0. The molecule has 1 rings (SSSR count). The predicted molar refractivity (Wildman–Crippen MR) is 70.9 cm³/mol. The minimum absolute atomic E-state index is 0.00326. The Morgan fingerprint density at radius 3 is 2.26 bits per heavy atom. The Labute approximate surface area is 113 Å². The summed E-state index contributed by atoms with van der Waals surface area (Å²) in [7, 11) is -1.97. The van der Waals surface area contributed by atoms with Crippen LogP contribution in [0.4, 0.5) is 13.2 Å². The molecule has 0 aromatic heterocycles. The van der Waals surface area contributed by atoms with Crippen molar-refractivity contribution in [2.24, 2.45) is 0 Å². The van der Waals surface area contributed by atoms with Crippen LogP contribution in [0.3, 0.4) is 0 Å². The van der Waals surface area contributed by atoms with Gasteiger partial charge in [-0.05, 0) is 31.0 Å². The van der Waals surface area contributed by atoms with Gasteiger partial charge in [0, 0.05) is 19.6 Å². The van der Waals surface area contributed by atoms with Crippen LogP contribution in [-0.2, 0) is 15.3 Å². The largest absolute Gasteiger partial charge is 0.394 e. The lowest BCUT2D eigenvalue weighted by Crippen LogP contribution is -2.37. The van der Waals surface area contributed by atoms with Gasteiger partial charge in [0.2, 0.25) is 0 Å². The van der Waals surface area contributed by atoms with Crippen molar-refractivity contribution in [2.75, 3.05) is 13.2 Å². The van der Waals surface area contributed by atoms with E-state index in [0.29, 0.717) is 18.8 Å². The average molecular weight is 292 g/mol. The molecule has 0 N–H and O–H groups in total. The van der Waals surface area contributed by atoms with Gasteiger partial charge in [0.05, 0.1) is 0 Å². The molecule has 0 unspecified atom stereocenters. The zero-order valence-electron chi connectivity index (χ0n) is 11.2. The van der Waals surface area contributed by atoms with Crippen LogP contribution in [0.15, 0.2) is 24.3 Å². The summed E-state index contributed by atoms with van der Waals surface area (Å²) in [5.41, 5.74) is 0.673. The van der Waals surface area contributed by atoms with Crippen LogP contribution in [0.25, 0.3) is 0 Å². The molecule has 6 heteroatoms. The number of hydrogen-bond acceptors (Lipinski definition) is 2. The van der Waals surface area contributed by atoms with Crippen LogP contribution in [-0.4, -0.2) is 28.7 Å². The van der Waals surface area contributed by atoms with Crippen LogP contribution < -0.4 is 5.19 Å². The topological polar surface area (TPSA) is 18.5 Å². The smallest absolute Gasteiger partial charge is 0.389 e. The number of benzene rings is 1. The second kappa shape index (κ2) is 7.67. The summed E-state index contributed by atoms with van der Waals surface area (Å²) in [6.07, 6.45) is -4.92. The number of aryl methyl sites for hydroxylation is 1. The molecule has 0 bridgehead atoms. The summed E-state index contributed by atoms with van der Waals surface area (Å²) < 4.78 is 47.7. The minimum Gasteiger partial charge on any atom is -0.394 e. The Morgan fingerprint density at radius 1 is 1.11 bits per heavy atom. The Kier molecular flexibility index (Phi) is 6.54. The maximum absolute atomic E-state index is 12.2. The minimum atomic E-state index is -4.12. The molecule has 0 fully saturated rings. The van der Waals surface area contributed by atoms with Crippen LogP contribution in [0.2, 0.25) is 0 Å². The van der Waals surface area contributed by atoms with E-state index in [0.717, 1.165) is 5.19 Å². The Morgan fingerprint density at radius 2 is 1.74 bits per heavy atom. The van der Waals surface area contributed by atoms with Crippen molar-refractivity contribution in [1.29, 1.82) is 0 Å². The van der Waals surface area contributed by atoms with Gasteiger partial charge in [0.15, 0.2) is 0 Å². The third kappa shape index (κ3) is 6.22. The summed E-state index contributed by atoms with van der Waals surface area (Å²) in [5, 5.41) is 0.892. The molecule has 0 saturated heterocycles. The molecule has 0 spiro atoms. The van der Waals surface area contributed by atoms with Gasteiger partial charge in [-0.2, -0.15) is 13.2 Å². The standard InChI is InChI=1S/C13H19F3O2Si/c1-3-17-19(18-4-2)12-7-5-6-11(10-12)8-9-13(14,15)16/h5-7,10,19H,3-4,8-9H2,1-2H3. The van der Waals surface area contributed by atoms with Crippen molar-refractivity contribution < 1.29 is 22.0 Å². The first-order valence-corrected chi connectivity index (χ1v) is 7.87.